The Hall–Kier alpha value is -0.690. The van der Waals surface area contributed by atoms with Gasteiger partial charge in [-0.3, -0.25) is 0 Å². The summed E-state index contributed by atoms with van der Waals surface area (Å²) in [6.45, 7) is 3.98. The number of benzene rings is 1. The maximum Gasteiger partial charge on any atom is 0.161 e. The first kappa shape index (κ1) is 12.8. The van der Waals surface area contributed by atoms with Gasteiger partial charge >= 0.3 is 0 Å². The van der Waals surface area contributed by atoms with Crippen molar-refractivity contribution in [1.29, 1.82) is 0 Å². The van der Waals surface area contributed by atoms with Gasteiger partial charge in [0.05, 0.1) is 9.26 Å². The third kappa shape index (κ3) is 2.60. The van der Waals surface area contributed by atoms with E-state index in [1.807, 2.05) is 32.0 Å². The van der Waals surface area contributed by atoms with Gasteiger partial charge in [0.2, 0.25) is 0 Å². The summed E-state index contributed by atoms with van der Waals surface area (Å²) in [5.74, 6) is 1.20. The van der Waals surface area contributed by atoms with E-state index in [0.29, 0.717) is 11.6 Å². The molecule has 0 spiro atoms. The molecule has 1 heterocycles. The molecular formula is C12H11BrIN3. The van der Waals surface area contributed by atoms with E-state index in [4.69, 9.17) is 5.73 Å². The lowest BCUT2D eigenvalue weighted by atomic mass is 10.1. The van der Waals surface area contributed by atoms with Crippen LogP contribution in [0.2, 0.25) is 0 Å². The van der Waals surface area contributed by atoms with Gasteiger partial charge < -0.3 is 5.73 Å². The molecule has 0 saturated heterocycles. The lowest BCUT2D eigenvalue weighted by Gasteiger charge is -2.07. The van der Waals surface area contributed by atoms with Crippen LogP contribution in [0.5, 0.6) is 0 Å². The van der Waals surface area contributed by atoms with Crippen molar-refractivity contribution in [3.8, 4) is 11.4 Å². The molecule has 1 aromatic heterocycles. The average Bonchev–Trinajstić information content (AvgIpc) is 2.29. The van der Waals surface area contributed by atoms with Crippen molar-refractivity contribution in [3.63, 3.8) is 0 Å². The lowest BCUT2D eigenvalue weighted by Crippen LogP contribution is -2.02. The number of anilines is 1. The molecule has 2 rings (SSSR count). The average molecular weight is 404 g/mol. The van der Waals surface area contributed by atoms with Gasteiger partial charge in [-0.05, 0) is 48.1 Å². The molecule has 0 aliphatic carbocycles. The second-order valence-electron chi connectivity index (χ2n) is 3.80. The standard InChI is InChI=1S/C12H11BrIN3/c1-6-3-4-8(5-9(6)13)12-16-7(2)10(14)11(15)17-12/h3-5H,1-2H3,(H2,15,16,17). The van der Waals surface area contributed by atoms with Gasteiger partial charge in [-0.2, -0.15) is 0 Å². The second-order valence-corrected chi connectivity index (χ2v) is 5.73. The summed E-state index contributed by atoms with van der Waals surface area (Å²) in [5.41, 5.74) is 8.91. The van der Waals surface area contributed by atoms with Crippen LogP contribution in [0.3, 0.4) is 0 Å². The number of nitrogens with two attached hydrogens (primary N) is 1. The van der Waals surface area contributed by atoms with Crippen molar-refractivity contribution in [1.82, 2.24) is 9.97 Å². The molecule has 0 saturated carbocycles. The quantitative estimate of drug-likeness (QED) is 0.738. The van der Waals surface area contributed by atoms with Crippen LogP contribution in [-0.4, -0.2) is 9.97 Å². The molecule has 0 unspecified atom stereocenters. The summed E-state index contributed by atoms with van der Waals surface area (Å²) < 4.78 is 1.96. The van der Waals surface area contributed by atoms with E-state index >= 15 is 0 Å². The third-order valence-electron chi connectivity index (χ3n) is 2.47. The van der Waals surface area contributed by atoms with E-state index in [1.165, 1.54) is 5.56 Å². The van der Waals surface area contributed by atoms with Crippen molar-refractivity contribution >= 4 is 44.3 Å². The monoisotopic (exact) mass is 403 g/mol. The number of hydrogen-bond donors (Lipinski definition) is 1. The van der Waals surface area contributed by atoms with Crippen LogP contribution in [0, 0.1) is 17.4 Å². The molecule has 0 aliphatic rings. The fraction of sp³-hybridized carbons (Fsp3) is 0.167. The number of aryl methyl sites for hydroxylation is 2. The summed E-state index contributed by atoms with van der Waals surface area (Å²) in [7, 11) is 0. The van der Waals surface area contributed by atoms with Crippen LogP contribution in [-0.2, 0) is 0 Å². The Labute approximate surface area is 122 Å². The van der Waals surface area contributed by atoms with Gasteiger partial charge in [0.15, 0.2) is 5.82 Å². The maximum absolute atomic E-state index is 5.86. The number of hydrogen-bond acceptors (Lipinski definition) is 3. The van der Waals surface area contributed by atoms with Gasteiger partial charge in [0.1, 0.15) is 5.82 Å². The summed E-state index contributed by atoms with van der Waals surface area (Å²) in [6.07, 6.45) is 0. The number of nitrogen functional groups attached to an aromatic ring is 1. The Kier molecular flexibility index (Phi) is 3.67. The predicted octanol–water partition coefficient (Wildman–Crippen LogP) is 3.71. The van der Waals surface area contributed by atoms with Crippen molar-refractivity contribution < 1.29 is 0 Å². The second kappa shape index (κ2) is 4.89. The van der Waals surface area contributed by atoms with Crippen LogP contribution in [0.25, 0.3) is 11.4 Å². The Morgan fingerprint density at radius 1 is 1.24 bits per heavy atom. The van der Waals surface area contributed by atoms with E-state index < -0.39 is 0 Å². The first-order chi connectivity index (χ1) is 7.99. The molecule has 2 N–H and O–H groups in total. The minimum absolute atomic E-state index is 0.532. The number of halogens is 2. The Bertz CT molecular complexity index is 561. The molecule has 17 heavy (non-hydrogen) atoms. The fourth-order valence-electron chi connectivity index (χ4n) is 1.44. The van der Waals surface area contributed by atoms with Gasteiger partial charge in [-0.1, -0.05) is 28.1 Å². The molecule has 0 aliphatic heterocycles. The summed E-state index contributed by atoms with van der Waals surface area (Å²) in [6, 6.07) is 6.05. The van der Waals surface area contributed by atoms with Crippen molar-refractivity contribution in [2.75, 3.05) is 5.73 Å². The van der Waals surface area contributed by atoms with Crippen LogP contribution >= 0.6 is 38.5 Å². The van der Waals surface area contributed by atoms with Gasteiger partial charge in [0, 0.05) is 10.0 Å². The van der Waals surface area contributed by atoms with Crippen molar-refractivity contribution in [3.05, 3.63) is 37.5 Å². The van der Waals surface area contributed by atoms with E-state index in [-0.39, 0.29) is 0 Å². The number of aromatic nitrogens is 2. The summed E-state index contributed by atoms with van der Waals surface area (Å²) >= 11 is 5.66. The fourth-order valence-corrected chi connectivity index (χ4v) is 2.06. The smallest absolute Gasteiger partial charge is 0.161 e. The lowest BCUT2D eigenvalue weighted by molar-refractivity contribution is 1.10. The minimum atomic E-state index is 0.532. The normalized spacial score (nSPS) is 10.6. The molecule has 2 aromatic rings. The molecule has 0 bridgehead atoms. The van der Waals surface area contributed by atoms with Crippen molar-refractivity contribution in [2.24, 2.45) is 0 Å². The highest BCUT2D eigenvalue weighted by Gasteiger charge is 2.09. The highest BCUT2D eigenvalue weighted by Crippen LogP contribution is 2.25. The zero-order valence-corrected chi connectivity index (χ0v) is 13.2. The Morgan fingerprint density at radius 2 is 1.94 bits per heavy atom. The topological polar surface area (TPSA) is 51.8 Å². The largest absolute Gasteiger partial charge is 0.383 e. The Morgan fingerprint density at radius 3 is 2.53 bits per heavy atom. The maximum atomic E-state index is 5.86. The van der Waals surface area contributed by atoms with Crippen LogP contribution < -0.4 is 5.73 Å². The molecule has 0 amide bonds. The molecule has 3 nitrogen and oxygen atoms in total. The zero-order chi connectivity index (χ0) is 12.6. The number of nitrogens with zero attached hydrogens (tertiary/aromatic N) is 2. The molecule has 1 aromatic carbocycles. The number of rotatable bonds is 1. The van der Waals surface area contributed by atoms with E-state index in [0.717, 1.165) is 19.3 Å². The highest BCUT2D eigenvalue weighted by atomic mass is 127. The van der Waals surface area contributed by atoms with E-state index in [9.17, 15) is 0 Å². The predicted molar refractivity (Wildman–Crippen MR) is 81.8 cm³/mol. The molecule has 0 fully saturated rings. The first-order valence-electron chi connectivity index (χ1n) is 5.05. The van der Waals surface area contributed by atoms with Crippen LogP contribution in [0.4, 0.5) is 5.82 Å². The van der Waals surface area contributed by atoms with Crippen LogP contribution in [0.1, 0.15) is 11.3 Å². The van der Waals surface area contributed by atoms with Gasteiger partial charge in [-0.15, -0.1) is 0 Å². The summed E-state index contributed by atoms with van der Waals surface area (Å²) in [4.78, 5) is 8.77. The SMILES string of the molecule is Cc1ccc(-c2nc(C)c(I)c(N)n2)cc1Br. The van der Waals surface area contributed by atoms with Crippen LogP contribution in [0.15, 0.2) is 22.7 Å². The molecule has 0 radical (unpaired) electrons. The molecule has 0 atom stereocenters. The first-order valence-corrected chi connectivity index (χ1v) is 6.92. The minimum Gasteiger partial charge on any atom is -0.383 e. The zero-order valence-electron chi connectivity index (χ0n) is 9.46. The molecular weight excluding hydrogens is 393 g/mol. The highest BCUT2D eigenvalue weighted by molar-refractivity contribution is 14.1. The third-order valence-corrected chi connectivity index (χ3v) is 4.66. The van der Waals surface area contributed by atoms with Gasteiger partial charge in [-0.25, -0.2) is 9.97 Å². The summed E-state index contributed by atoms with van der Waals surface area (Å²) in [5, 5.41) is 0. The van der Waals surface area contributed by atoms with Gasteiger partial charge in [0.25, 0.3) is 0 Å². The molecule has 88 valence electrons. The molecule has 5 heteroatoms. The van der Waals surface area contributed by atoms with Crippen molar-refractivity contribution in [2.45, 2.75) is 13.8 Å². The van der Waals surface area contributed by atoms with E-state index in [1.54, 1.807) is 0 Å². The van der Waals surface area contributed by atoms with E-state index in [2.05, 4.69) is 48.5 Å². The Balaban J connectivity index is 2.57.